The Bertz CT molecular complexity index is 768. The molecule has 1 atom stereocenters. The Hall–Kier alpha value is -1.88. The number of nitro benzene ring substituents is 1. The van der Waals surface area contributed by atoms with Crippen molar-refractivity contribution in [2.75, 3.05) is 24.2 Å². The molecule has 26 heavy (non-hydrogen) atoms. The van der Waals surface area contributed by atoms with Gasteiger partial charge < -0.3 is 4.90 Å². The SMILES string of the molecule is CS(=O)(=O)NCC[C@@H]1CCCCN1c1ccc(C(F)(F)F)cc1[N+](=O)[O-]. The summed E-state index contributed by atoms with van der Waals surface area (Å²) in [5, 5.41) is 11.3. The van der Waals surface area contributed by atoms with Crippen LogP contribution in [0.15, 0.2) is 18.2 Å². The van der Waals surface area contributed by atoms with Crippen LogP contribution in [0.3, 0.4) is 0 Å². The van der Waals surface area contributed by atoms with E-state index in [0.29, 0.717) is 25.5 Å². The molecule has 1 aromatic carbocycles. The second kappa shape index (κ2) is 7.78. The molecule has 1 N–H and O–H groups in total. The first-order valence-corrected chi connectivity index (χ1v) is 9.95. The van der Waals surface area contributed by atoms with Gasteiger partial charge in [-0.25, -0.2) is 13.1 Å². The lowest BCUT2D eigenvalue weighted by Gasteiger charge is -2.37. The molecule has 0 aromatic heterocycles. The average molecular weight is 395 g/mol. The van der Waals surface area contributed by atoms with Crippen LogP contribution in [0.5, 0.6) is 0 Å². The number of nitrogens with one attached hydrogen (secondary N) is 1. The largest absolute Gasteiger partial charge is 0.416 e. The fraction of sp³-hybridized carbons (Fsp3) is 0.600. The molecule has 1 aromatic rings. The summed E-state index contributed by atoms with van der Waals surface area (Å²) in [4.78, 5) is 12.2. The number of nitro groups is 1. The minimum Gasteiger partial charge on any atom is -0.363 e. The molecule has 11 heteroatoms. The smallest absolute Gasteiger partial charge is 0.363 e. The molecule has 0 radical (unpaired) electrons. The van der Waals surface area contributed by atoms with Gasteiger partial charge in [-0.2, -0.15) is 13.2 Å². The Morgan fingerprint density at radius 3 is 2.62 bits per heavy atom. The van der Waals surface area contributed by atoms with Crippen molar-refractivity contribution in [2.45, 2.75) is 37.9 Å². The van der Waals surface area contributed by atoms with Gasteiger partial charge in [-0.15, -0.1) is 0 Å². The summed E-state index contributed by atoms with van der Waals surface area (Å²) < 4.78 is 63.3. The third-order valence-corrected chi connectivity index (χ3v) is 5.01. The Balaban J connectivity index is 2.29. The molecule has 2 rings (SSSR count). The van der Waals surface area contributed by atoms with Gasteiger partial charge in [-0.1, -0.05) is 0 Å². The Kier molecular flexibility index (Phi) is 6.12. The van der Waals surface area contributed by atoms with Gasteiger partial charge in [0.2, 0.25) is 10.0 Å². The Morgan fingerprint density at radius 1 is 1.35 bits per heavy atom. The van der Waals surface area contributed by atoms with E-state index >= 15 is 0 Å². The van der Waals surface area contributed by atoms with Gasteiger partial charge in [0.05, 0.1) is 16.7 Å². The van der Waals surface area contributed by atoms with Crippen LogP contribution in [0.4, 0.5) is 24.5 Å². The Labute approximate surface area is 149 Å². The molecule has 1 heterocycles. The predicted octanol–water partition coefficient (Wildman–Crippen LogP) is 2.91. The third-order valence-electron chi connectivity index (χ3n) is 4.28. The molecule has 1 saturated heterocycles. The number of hydrogen-bond acceptors (Lipinski definition) is 5. The van der Waals surface area contributed by atoms with Crippen LogP contribution >= 0.6 is 0 Å². The summed E-state index contributed by atoms with van der Waals surface area (Å²) in [6.07, 6.45) is -0.909. The van der Waals surface area contributed by atoms with Gasteiger partial charge in [-0.05, 0) is 37.8 Å². The highest BCUT2D eigenvalue weighted by molar-refractivity contribution is 7.88. The lowest BCUT2D eigenvalue weighted by molar-refractivity contribution is -0.384. The fourth-order valence-corrected chi connectivity index (χ4v) is 3.61. The van der Waals surface area contributed by atoms with Crippen molar-refractivity contribution in [3.63, 3.8) is 0 Å². The molecule has 0 saturated carbocycles. The van der Waals surface area contributed by atoms with Crippen molar-refractivity contribution in [1.29, 1.82) is 0 Å². The van der Waals surface area contributed by atoms with Crippen molar-refractivity contribution >= 4 is 21.4 Å². The lowest BCUT2D eigenvalue weighted by Crippen LogP contribution is -2.42. The van der Waals surface area contributed by atoms with Crippen LogP contribution in [0, 0.1) is 10.1 Å². The summed E-state index contributed by atoms with van der Waals surface area (Å²) in [6, 6.07) is 2.33. The van der Waals surface area contributed by atoms with E-state index in [0.717, 1.165) is 31.2 Å². The summed E-state index contributed by atoms with van der Waals surface area (Å²) >= 11 is 0. The first kappa shape index (κ1) is 20.4. The van der Waals surface area contributed by atoms with Crippen LogP contribution in [-0.2, 0) is 16.2 Å². The molecule has 1 aliphatic heterocycles. The third kappa shape index (κ3) is 5.31. The summed E-state index contributed by atoms with van der Waals surface area (Å²) in [7, 11) is -3.35. The maximum Gasteiger partial charge on any atom is 0.416 e. The zero-order chi connectivity index (χ0) is 19.5. The van der Waals surface area contributed by atoms with Gasteiger partial charge in [-0.3, -0.25) is 10.1 Å². The van der Waals surface area contributed by atoms with E-state index in [9.17, 15) is 31.7 Å². The van der Waals surface area contributed by atoms with E-state index in [4.69, 9.17) is 0 Å². The van der Waals surface area contributed by atoms with Gasteiger partial charge in [0.15, 0.2) is 0 Å². The van der Waals surface area contributed by atoms with Crippen molar-refractivity contribution in [3.8, 4) is 0 Å². The molecule has 0 bridgehead atoms. The standard InChI is InChI=1S/C15H20F3N3O4S/c1-26(24,25)19-8-7-12-4-2-3-9-20(12)13-6-5-11(15(16,17)18)10-14(13)21(22)23/h5-6,10,12,19H,2-4,7-9H2,1H3/t12-/m0/s1. The number of sulfonamides is 1. The van der Waals surface area contributed by atoms with E-state index < -0.39 is 32.4 Å². The van der Waals surface area contributed by atoms with Gasteiger partial charge in [0, 0.05) is 25.2 Å². The Morgan fingerprint density at radius 2 is 2.04 bits per heavy atom. The minimum atomic E-state index is -4.66. The number of hydrogen-bond donors (Lipinski definition) is 1. The molecule has 1 aliphatic rings. The highest BCUT2D eigenvalue weighted by Gasteiger charge is 2.35. The molecule has 0 amide bonds. The van der Waals surface area contributed by atoms with E-state index in [1.165, 1.54) is 0 Å². The van der Waals surface area contributed by atoms with Crippen molar-refractivity contribution in [1.82, 2.24) is 4.72 Å². The van der Waals surface area contributed by atoms with Crippen molar-refractivity contribution in [2.24, 2.45) is 0 Å². The van der Waals surface area contributed by atoms with Crippen LogP contribution in [0.2, 0.25) is 0 Å². The number of benzene rings is 1. The van der Waals surface area contributed by atoms with E-state index in [2.05, 4.69) is 4.72 Å². The molecule has 0 unspecified atom stereocenters. The summed E-state index contributed by atoms with van der Waals surface area (Å²) in [5.41, 5.74) is -1.53. The fourth-order valence-electron chi connectivity index (χ4n) is 3.12. The van der Waals surface area contributed by atoms with E-state index in [-0.39, 0.29) is 18.3 Å². The number of nitrogens with zero attached hydrogens (tertiary/aromatic N) is 2. The predicted molar refractivity (Wildman–Crippen MR) is 90.5 cm³/mol. The van der Waals surface area contributed by atoms with Gasteiger partial charge >= 0.3 is 6.18 Å². The second-order valence-corrected chi connectivity index (χ2v) is 8.09. The normalized spacial score (nSPS) is 18.8. The van der Waals surface area contributed by atoms with Gasteiger partial charge in [0.1, 0.15) is 5.69 Å². The van der Waals surface area contributed by atoms with Crippen molar-refractivity contribution in [3.05, 3.63) is 33.9 Å². The van der Waals surface area contributed by atoms with Crippen LogP contribution < -0.4 is 9.62 Å². The van der Waals surface area contributed by atoms with Crippen LogP contribution in [0.1, 0.15) is 31.2 Å². The van der Waals surface area contributed by atoms with E-state index in [1.807, 2.05) is 0 Å². The molecule has 0 aliphatic carbocycles. The molecule has 1 fully saturated rings. The maximum absolute atomic E-state index is 12.9. The lowest BCUT2D eigenvalue weighted by atomic mass is 9.97. The van der Waals surface area contributed by atoms with Crippen molar-refractivity contribution < 1.29 is 26.5 Å². The average Bonchev–Trinajstić information content (AvgIpc) is 2.52. The van der Waals surface area contributed by atoms with Gasteiger partial charge in [0.25, 0.3) is 5.69 Å². The molecule has 146 valence electrons. The quantitative estimate of drug-likeness (QED) is 0.591. The number of anilines is 1. The van der Waals surface area contributed by atoms with Crippen LogP contribution in [0.25, 0.3) is 0 Å². The zero-order valence-electron chi connectivity index (χ0n) is 14.1. The maximum atomic E-state index is 12.9. The number of halogens is 3. The number of piperidine rings is 1. The summed E-state index contributed by atoms with van der Waals surface area (Å²) in [6.45, 7) is 0.629. The minimum absolute atomic E-state index is 0.132. The van der Waals surface area contributed by atoms with Crippen LogP contribution in [-0.4, -0.2) is 38.7 Å². The highest BCUT2D eigenvalue weighted by atomic mass is 32.2. The molecular formula is C15H20F3N3O4S. The van der Waals surface area contributed by atoms with E-state index in [1.54, 1.807) is 4.90 Å². The zero-order valence-corrected chi connectivity index (χ0v) is 14.9. The molecule has 0 spiro atoms. The number of alkyl halides is 3. The second-order valence-electron chi connectivity index (χ2n) is 6.26. The molecular weight excluding hydrogens is 375 g/mol. The topological polar surface area (TPSA) is 92.6 Å². The highest BCUT2D eigenvalue weighted by Crippen LogP contribution is 2.38. The monoisotopic (exact) mass is 395 g/mol. The summed E-state index contributed by atoms with van der Waals surface area (Å²) in [5.74, 6) is 0. The first-order chi connectivity index (χ1) is 12.0. The molecule has 7 nitrogen and oxygen atoms in total. The first-order valence-electron chi connectivity index (χ1n) is 8.06. The number of rotatable bonds is 6.